The van der Waals surface area contributed by atoms with E-state index in [2.05, 4.69) is 22.1 Å². The Kier molecular flexibility index (Phi) is 6.93. The fraction of sp³-hybridized carbons (Fsp3) is 0.222. The van der Waals surface area contributed by atoms with Gasteiger partial charge in [-0.2, -0.15) is 0 Å². The van der Waals surface area contributed by atoms with Gasteiger partial charge >= 0.3 is 0 Å². The fourth-order valence-electron chi connectivity index (χ4n) is 1.98. The third-order valence-electron chi connectivity index (χ3n) is 3.18. The van der Waals surface area contributed by atoms with Crippen molar-refractivity contribution in [1.82, 2.24) is 4.98 Å². The molecule has 2 rings (SSSR count). The number of anilines is 1. The van der Waals surface area contributed by atoms with E-state index in [4.69, 9.17) is 32.7 Å². The van der Waals surface area contributed by atoms with Gasteiger partial charge in [0.15, 0.2) is 11.5 Å². The zero-order valence-electron chi connectivity index (χ0n) is 13.7. The van der Waals surface area contributed by atoms with Gasteiger partial charge in [0.1, 0.15) is 0 Å². The molecule has 130 valence electrons. The standard InChI is InChI=1S/C18H16Cl2N2O3/c1-3-4-5-8-25-16-9-12(6-7-15(16)24-2)18(23)22-17-13(19)10-21-11-14(17)20/h6-7,9-11H,5,8H2,1-2H3,(H,21,22,23). The third-order valence-corrected chi connectivity index (χ3v) is 3.75. The number of methoxy groups -OCH3 is 1. The van der Waals surface area contributed by atoms with E-state index in [9.17, 15) is 4.79 Å². The minimum absolute atomic E-state index is 0.254. The number of hydrogen-bond donors (Lipinski definition) is 1. The number of aromatic nitrogens is 1. The lowest BCUT2D eigenvalue weighted by Gasteiger charge is -2.12. The summed E-state index contributed by atoms with van der Waals surface area (Å²) in [7, 11) is 1.53. The number of nitrogens with zero attached hydrogens (tertiary/aromatic N) is 1. The van der Waals surface area contributed by atoms with E-state index in [-0.39, 0.29) is 16.0 Å². The smallest absolute Gasteiger partial charge is 0.255 e. The summed E-state index contributed by atoms with van der Waals surface area (Å²) in [4.78, 5) is 16.3. The highest BCUT2D eigenvalue weighted by atomic mass is 35.5. The Labute approximate surface area is 156 Å². The SMILES string of the molecule is CC#CCCOc1cc(C(=O)Nc2c(Cl)cncc2Cl)ccc1OC. The predicted molar refractivity (Wildman–Crippen MR) is 98.8 cm³/mol. The van der Waals surface area contributed by atoms with Crippen LogP contribution in [0.4, 0.5) is 5.69 Å². The highest BCUT2D eigenvalue weighted by molar-refractivity contribution is 6.39. The highest BCUT2D eigenvalue weighted by Gasteiger charge is 2.14. The molecule has 1 aromatic heterocycles. The summed E-state index contributed by atoms with van der Waals surface area (Å²) in [6, 6.07) is 4.87. The Hall–Kier alpha value is -2.42. The summed E-state index contributed by atoms with van der Waals surface area (Å²) in [6.45, 7) is 2.16. The van der Waals surface area contributed by atoms with Crippen LogP contribution in [-0.4, -0.2) is 24.6 Å². The van der Waals surface area contributed by atoms with Crippen molar-refractivity contribution in [3.05, 3.63) is 46.2 Å². The van der Waals surface area contributed by atoms with Crippen molar-refractivity contribution in [1.29, 1.82) is 0 Å². The highest BCUT2D eigenvalue weighted by Crippen LogP contribution is 2.31. The van der Waals surface area contributed by atoms with Gasteiger partial charge in [-0.3, -0.25) is 9.78 Å². The Morgan fingerprint density at radius 1 is 1.24 bits per heavy atom. The molecule has 1 amide bonds. The molecule has 0 aliphatic carbocycles. The number of benzene rings is 1. The number of amides is 1. The van der Waals surface area contributed by atoms with Gasteiger partial charge in [-0.25, -0.2) is 0 Å². The molecule has 2 aromatic rings. The van der Waals surface area contributed by atoms with Gasteiger partial charge in [0.25, 0.3) is 5.91 Å². The first-order chi connectivity index (χ1) is 12.1. The number of pyridine rings is 1. The van der Waals surface area contributed by atoms with Crippen LogP contribution in [0.5, 0.6) is 11.5 Å². The molecule has 0 aliphatic rings. The van der Waals surface area contributed by atoms with Gasteiger partial charge in [-0.15, -0.1) is 11.8 Å². The van der Waals surface area contributed by atoms with Gasteiger partial charge in [0.05, 0.1) is 29.4 Å². The van der Waals surface area contributed by atoms with Gasteiger partial charge in [0, 0.05) is 24.4 Å². The van der Waals surface area contributed by atoms with Crippen LogP contribution in [0.2, 0.25) is 10.0 Å². The second kappa shape index (κ2) is 9.16. The molecule has 0 radical (unpaired) electrons. The molecule has 0 aliphatic heterocycles. The monoisotopic (exact) mass is 378 g/mol. The van der Waals surface area contributed by atoms with Crippen LogP contribution >= 0.6 is 23.2 Å². The molecule has 0 atom stereocenters. The van der Waals surface area contributed by atoms with Crippen LogP contribution in [0.1, 0.15) is 23.7 Å². The lowest BCUT2D eigenvalue weighted by atomic mass is 10.2. The quantitative estimate of drug-likeness (QED) is 0.596. The predicted octanol–water partition coefficient (Wildman–Crippen LogP) is 4.44. The first-order valence-corrected chi connectivity index (χ1v) is 8.13. The molecule has 0 saturated heterocycles. The van der Waals surface area contributed by atoms with Crippen molar-refractivity contribution >= 4 is 34.8 Å². The zero-order valence-corrected chi connectivity index (χ0v) is 15.2. The first kappa shape index (κ1) is 18.9. The third kappa shape index (κ3) is 5.02. The average molecular weight is 379 g/mol. The van der Waals surface area contributed by atoms with Crippen molar-refractivity contribution in [3.8, 4) is 23.3 Å². The number of halogens is 2. The van der Waals surface area contributed by atoms with E-state index in [0.29, 0.717) is 35.8 Å². The Morgan fingerprint density at radius 2 is 1.96 bits per heavy atom. The molecule has 0 spiro atoms. The number of rotatable bonds is 6. The minimum atomic E-state index is -0.379. The Morgan fingerprint density at radius 3 is 2.60 bits per heavy atom. The van der Waals surface area contributed by atoms with E-state index < -0.39 is 0 Å². The van der Waals surface area contributed by atoms with Crippen LogP contribution in [-0.2, 0) is 0 Å². The van der Waals surface area contributed by atoms with Crippen molar-refractivity contribution in [3.63, 3.8) is 0 Å². The average Bonchev–Trinajstić information content (AvgIpc) is 2.61. The largest absolute Gasteiger partial charge is 0.493 e. The zero-order chi connectivity index (χ0) is 18.2. The molecule has 0 bridgehead atoms. The van der Waals surface area contributed by atoms with E-state index >= 15 is 0 Å². The van der Waals surface area contributed by atoms with Crippen molar-refractivity contribution in [2.24, 2.45) is 0 Å². The first-order valence-electron chi connectivity index (χ1n) is 7.37. The lowest BCUT2D eigenvalue weighted by Crippen LogP contribution is -2.13. The maximum atomic E-state index is 12.5. The van der Waals surface area contributed by atoms with Gasteiger partial charge in [-0.1, -0.05) is 23.2 Å². The lowest BCUT2D eigenvalue weighted by molar-refractivity contribution is 0.102. The number of hydrogen-bond acceptors (Lipinski definition) is 4. The number of carbonyl (C=O) groups excluding carboxylic acids is 1. The maximum absolute atomic E-state index is 12.5. The fourth-order valence-corrected chi connectivity index (χ4v) is 2.44. The van der Waals surface area contributed by atoms with Crippen LogP contribution in [0.3, 0.4) is 0 Å². The molecule has 7 heteroatoms. The maximum Gasteiger partial charge on any atom is 0.255 e. The molecular formula is C18H16Cl2N2O3. The van der Waals surface area contributed by atoms with Crippen LogP contribution < -0.4 is 14.8 Å². The van der Waals surface area contributed by atoms with Crippen LogP contribution in [0, 0.1) is 11.8 Å². The van der Waals surface area contributed by atoms with E-state index in [1.54, 1.807) is 25.1 Å². The van der Waals surface area contributed by atoms with Crippen molar-refractivity contribution < 1.29 is 14.3 Å². The normalized spacial score (nSPS) is 9.76. The van der Waals surface area contributed by atoms with E-state index in [1.165, 1.54) is 19.5 Å². The number of ether oxygens (including phenoxy) is 2. The van der Waals surface area contributed by atoms with Crippen LogP contribution in [0.15, 0.2) is 30.6 Å². The Balaban J connectivity index is 2.20. The molecule has 5 nitrogen and oxygen atoms in total. The van der Waals surface area contributed by atoms with Gasteiger partial charge in [0.2, 0.25) is 0 Å². The number of carbonyl (C=O) groups is 1. The van der Waals surface area contributed by atoms with Crippen molar-refractivity contribution in [2.75, 3.05) is 19.0 Å². The Bertz CT molecular complexity index is 809. The molecule has 0 unspecified atom stereocenters. The summed E-state index contributed by atoms with van der Waals surface area (Å²) >= 11 is 12.0. The summed E-state index contributed by atoms with van der Waals surface area (Å²) in [5.41, 5.74) is 0.682. The van der Waals surface area contributed by atoms with Crippen LogP contribution in [0.25, 0.3) is 0 Å². The summed E-state index contributed by atoms with van der Waals surface area (Å²) in [5.74, 6) is 6.31. The topological polar surface area (TPSA) is 60.5 Å². The minimum Gasteiger partial charge on any atom is -0.493 e. The molecule has 1 heterocycles. The molecule has 0 saturated carbocycles. The molecule has 1 N–H and O–H groups in total. The summed E-state index contributed by atoms with van der Waals surface area (Å²) in [6.07, 6.45) is 3.39. The summed E-state index contributed by atoms with van der Waals surface area (Å²) in [5, 5.41) is 3.18. The summed E-state index contributed by atoms with van der Waals surface area (Å²) < 4.78 is 10.9. The molecular weight excluding hydrogens is 363 g/mol. The molecule has 25 heavy (non-hydrogen) atoms. The van der Waals surface area contributed by atoms with Crippen molar-refractivity contribution in [2.45, 2.75) is 13.3 Å². The molecule has 0 fully saturated rings. The van der Waals surface area contributed by atoms with Gasteiger partial charge in [-0.05, 0) is 25.1 Å². The second-order valence-corrected chi connectivity index (χ2v) is 5.64. The van der Waals surface area contributed by atoms with E-state index in [1.807, 2.05) is 0 Å². The molecule has 1 aromatic carbocycles. The second-order valence-electron chi connectivity index (χ2n) is 4.82. The van der Waals surface area contributed by atoms with E-state index in [0.717, 1.165) is 0 Å². The van der Waals surface area contributed by atoms with Gasteiger partial charge < -0.3 is 14.8 Å². The number of nitrogens with one attached hydrogen (secondary N) is 1.